The molecule has 0 spiro atoms. The fourth-order valence-electron chi connectivity index (χ4n) is 1.54. The van der Waals surface area contributed by atoms with Gasteiger partial charge in [0.2, 0.25) is 0 Å². The first-order chi connectivity index (χ1) is 6.40. The summed E-state index contributed by atoms with van der Waals surface area (Å²) in [5.74, 6) is 0. The van der Waals surface area contributed by atoms with Crippen molar-refractivity contribution in [2.75, 3.05) is 4.43 Å². The summed E-state index contributed by atoms with van der Waals surface area (Å²) in [5, 5.41) is 6.04. The van der Waals surface area contributed by atoms with Crippen molar-refractivity contribution in [3.05, 3.63) is 11.1 Å². The molecule has 2 rings (SSSR count). The normalized spacial score (nSPS) is 29.0. The van der Waals surface area contributed by atoms with Crippen molar-refractivity contribution < 1.29 is 4.74 Å². The van der Waals surface area contributed by atoms with Gasteiger partial charge in [-0.05, 0) is 30.8 Å². The van der Waals surface area contributed by atoms with E-state index in [1.54, 1.807) is 0 Å². The molecule has 1 aliphatic heterocycles. The fourth-order valence-corrected chi connectivity index (χ4v) is 2.69. The Balaban J connectivity index is 2.00. The van der Waals surface area contributed by atoms with E-state index in [1.165, 1.54) is 24.4 Å². The Morgan fingerprint density at radius 3 is 3.23 bits per heavy atom. The SMILES string of the molecule is ICC1CCCC(c2csnn2)O1. The van der Waals surface area contributed by atoms with Crippen LogP contribution in [0.3, 0.4) is 0 Å². The van der Waals surface area contributed by atoms with E-state index in [0.29, 0.717) is 6.10 Å². The average Bonchev–Trinajstić information content (AvgIpc) is 2.71. The molecule has 0 amide bonds. The second-order valence-electron chi connectivity index (χ2n) is 3.16. The van der Waals surface area contributed by atoms with Crippen LogP contribution in [-0.2, 0) is 4.74 Å². The molecule has 1 saturated heterocycles. The average molecular weight is 310 g/mol. The zero-order valence-corrected chi connectivity index (χ0v) is 10.1. The monoisotopic (exact) mass is 310 g/mol. The number of ether oxygens (including phenoxy) is 1. The van der Waals surface area contributed by atoms with Crippen LogP contribution >= 0.6 is 34.1 Å². The van der Waals surface area contributed by atoms with Gasteiger partial charge in [-0.1, -0.05) is 27.1 Å². The molecular formula is C8H11IN2OS. The second kappa shape index (κ2) is 4.65. The Morgan fingerprint density at radius 2 is 2.54 bits per heavy atom. The number of rotatable bonds is 2. The quantitative estimate of drug-likeness (QED) is 0.622. The van der Waals surface area contributed by atoms with Crippen molar-refractivity contribution in [1.29, 1.82) is 0 Å². The lowest BCUT2D eigenvalue weighted by Gasteiger charge is -2.27. The summed E-state index contributed by atoms with van der Waals surface area (Å²) in [6, 6.07) is 0. The number of aromatic nitrogens is 2. The van der Waals surface area contributed by atoms with Gasteiger partial charge in [0, 0.05) is 9.81 Å². The van der Waals surface area contributed by atoms with Gasteiger partial charge in [-0.2, -0.15) is 0 Å². The van der Waals surface area contributed by atoms with E-state index < -0.39 is 0 Å². The van der Waals surface area contributed by atoms with Crippen LogP contribution in [0.2, 0.25) is 0 Å². The van der Waals surface area contributed by atoms with Gasteiger partial charge in [0.15, 0.2) is 0 Å². The number of alkyl halides is 1. The number of hydrogen-bond donors (Lipinski definition) is 0. The van der Waals surface area contributed by atoms with Crippen molar-refractivity contribution in [3.8, 4) is 0 Å². The highest BCUT2D eigenvalue weighted by atomic mass is 127. The maximum absolute atomic E-state index is 5.88. The van der Waals surface area contributed by atoms with E-state index >= 15 is 0 Å². The maximum atomic E-state index is 5.88. The van der Waals surface area contributed by atoms with Crippen LogP contribution < -0.4 is 0 Å². The predicted octanol–water partition coefficient (Wildman–Crippen LogP) is 2.58. The molecule has 0 aliphatic carbocycles. The van der Waals surface area contributed by atoms with E-state index in [9.17, 15) is 0 Å². The van der Waals surface area contributed by atoms with Gasteiger partial charge in [0.1, 0.15) is 11.8 Å². The molecule has 1 fully saturated rings. The lowest BCUT2D eigenvalue weighted by Crippen LogP contribution is -2.23. The van der Waals surface area contributed by atoms with Gasteiger partial charge in [-0.15, -0.1) is 5.10 Å². The zero-order chi connectivity index (χ0) is 9.10. The van der Waals surface area contributed by atoms with E-state index in [1.807, 2.05) is 5.38 Å². The lowest BCUT2D eigenvalue weighted by molar-refractivity contribution is -0.0396. The van der Waals surface area contributed by atoms with Crippen LogP contribution in [0, 0.1) is 0 Å². The minimum absolute atomic E-state index is 0.201. The third kappa shape index (κ3) is 2.38. The van der Waals surface area contributed by atoms with Gasteiger partial charge < -0.3 is 4.74 Å². The van der Waals surface area contributed by atoms with Crippen LogP contribution in [0.15, 0.2) is 5.38 Å². The Hall–Kier alpha value is 0.250. The molecule has 2 heterocycles. The van der Waals surface area contributed by atoms with Gasteiger partial charge in [-0.25, -0.2) is 0 Å². The first-order valence-electron chi connectivity index (χ1n) is 4.38. The smallest absolute Gasteiger partial charge is 0.104 e. The van der Waals surface area contributed by atoms with Crippen molar-refractivity contribution in [1.82, 2.24) is 9.59 Å². The third-order valence-corrected chi connectivity index (χ3v) is 3.73. The standard InChI is InChI=1S/C8H11IN2OS/c9-4-6-2-1-3-8(12-6)7-5-13-11-10-7/h5-6,8H,1-4H2. The molecule has 1 aliphatic rings. The van der Waals surface area contributed by atoms with Crippen molar-refractivity contribution in [3.63, 3.8) is 0 Å². The highest BCUT2D eigenvalue weighted by molar-refractivity contribution is 14.1. The maximum Gasteiger partial charge on any atom is 0.104 e. The third-order valence-electron chi connectivity index (χ3n) is 2.23. The fraction of sp³-hybridized carbons (Fsp3) is 0.750. The molecule has 3 nitrogen and oxygen atoms in total. The molecule has 0 saturated carbocycles. The van der Waals surface area contributed by atoms with Crippen LogP contribution in [0.5, 0.6) is 0 Å². The van der Waals surface area contributed by atoms with Crippen molar-refractivity contribution >= 4 is 34.1 Å². The van der Waals surface area contributed by atoms with E-state index in [0.717, 1.165) is 16.5 Å². The lowest BCUT2D eigenvalue weighted by atomic mass is 10.0. The largest absolute Gasteiger partial charge is 0.368 e. The molecule has 2 unspecified atom stereocenters. The molecule has 0 N–H and O–H groups in total. The van der Waals surface area contributed by atoms with Crippen LogP contribution in [0.4, 0.5) is 0 Å². The predicted molar refractivity (Wildman–Crippen MR) is 60.3 cm³/mol. The molecular weight excluding hydrogens is 299 g/mol. The van der Waals surface area contributed by atoms with Crippen LogP contribution in [0.25, 0.3) is 0 Å². The summed E-state index contributed by atoms with van der Waals surface area (Å²) >= 11 is 3.78. The second-order valence-corrected chi connectivity index (χ2v) is 4.65. The Bertz CT molecular complexity index is 255. The van der Waals surface area contributed by atoms with E-state index in [4.69, 9.17) is 4.74 Å². The van der Waals surface area contributed by atoms with Crippen LogP contribution in [-0.4, -0.2) is 20.1 Å². The Labute approximate surface area is 95.2 Å². The first kappa shape index (κ1) is 9.79. The summed E-state index contributed by atoms with van der Waals surface area (Å²) in [6.07, 6.45) is 4.15. The van der Waals surface area contributed by atoms with Gasteiger partial charge >= 0.3 is 0 Å². The molecule has 0 aromatic carbocycles. The summed E-state index contributed by atoms with van der Waals surface area (Å²) in [7, 11) is 0. The van der Waals surface area contributed by atoms with E-state index in [2.05, 4.69) is 32.2 Å². The van der Waals surface area contributed by atoms with Gasteiger partial charge in [-0.3, -0.25) is 0 Å². The van der Waals surface area contributed by atoms with Gasteiger partial charge in [0.25, 0.3) is 0 Å². The van der Waals surface area contributed by atoms with Crippen LogP contribution in [0.1, 0.15) is 31.1 Å². The molecule has 13 heavy (non-hydrogen) atoms. The molecule has 2 atom stereocenters. The number of halogens is 1. The first-order valence-corrected chi connectivity index (χ1v) is 6.74. The number of nitrogens with zero attached hydrogens (tertiary/aromatic N) is 2. The molecule has 0 radical (unpaired) electrons. The Kier molecular flexibility index (Phi) is 3.51. The summed E-state index contributed by atoms with van der Waals surface area (Å²) in [5.41, 5.74) is 1.01. The number of hydrogen-bond acceptors (Lipinski definition) is 4. The topological polar surface area (TPSA) is 35.0 Å². The summed E-state index contributed by atoms with van der Waals surface area (Å²) in [6.45, 7) is 0. The molecule has 72 valence electrons. The highest BCUT2D eigenvalue weighted by Crippen LogP contribution is 2.30. The molecule has 0 bridgehead atoms. The van der Waals surface area contributed by atoms with Crippen molar-refractivity contribution in [2.24, 2.45) is 0 Å². The van der Waals surface area contributed by atoms with Crippen molar-refractivity contribution in [2.45, 2.75) is 31.5 Å². The highest BCUT2D eigenvalue weighted by Gasteiger charge is 2.24. The van der Waals surface area contributed by atoms with E-state index in [-0.39, 0.29) is 6.10 Å². The summed E-state index contributed by atoms with van der Waals surface area (Å²) < 4.78 is 10.8. The molecule has 5 heteroatoms. The minimum Gasteiger partial charge on any atom is -0.368 e. The Morgan fingerprint density at radius 1 is 1.62 bits per heavy atom. The minimum atomic E-state index is 0.201. The summed E-state index contributed by atoms with van der Waals surface area (Å²) in [4.78, 5) is 0. The molecule has 1 aromatic rings. The molecule has 1 aromatic heterocycles. The van der Waals surface area contributed by atoms with Gasteiger partial charge in [0.05, 0.1) is 6.10 Å². The zero-order valence-electron chi connectivity index (χ0n) is 7.15.